The Hall–Kier alpha value is -2.66. The number of ether oxygens (including phenoxy) is 1. The van der Waals surface area contributed by atoms with Crippen molar-refractivity contribution in [2.75, 3.05) is 20.2 Å². The van der Waals surface area contributed by atoms with E-state index in [2.05, 4.69) is 10.2 Å². The molecule has 2 aromatic carbocycles. The van der Waals surface area contributed by atoms with Crippen molar-refractivity contribution in [2.45, 2.75) is 32.4 Å². The lowest BCUT2D eigenvalue weighted by Gasteiger charge is -2.34. The summed E-state index contributed by atoms with van der Waals surface area (Å²) in [4.78, 5) is 27.3. The highest BCUT2D eigenvalue weighted by molar-refractivity contribution is 5.97. The molecule has 1 saturated heterocycles. The topological polar surface area (TPSA) is 58.6 Å². The van der Waals surface area contributed by atoms with Crippen molar-refractivity contribution < 1.29 is 14.3 Å². The van der Waals surface area contributed by atoms with Gasteiger partial charge in [-0.1, -0.05) is 42.5 Å². The maximum Gasteiger partial charge on any atom is 0.237 e. The highest BCUT2D eigenvalue weighted by atomic mass is 16.5. The molecule has 1 heterocycles. The first-order valence-electron chi connectivity index (χ1n) is 9.82. The lowest BCUT2D eigenvalue weighted by Crippen LogP contribution is -2.48. The van der Waals surface area contributed by atoms with Gasteiger partial charge in [-0.15, -0.1) is 0 Å². The van der Waals surface area contributed by atoms with Gasteiger partial charge >= 0.3 is 0 Å². The molecule has 3 rings (SSSR count). The summed E-state index contributed by atoms with van der Waals surface area (Å²) in [5.74, 6) is 1.06. The first-order chi connectivity index (χ1) is 13.6. The average Bonchev–Trinajstić information content (AvgIpc) is 2.77. The number of hydrogen-bond acceptors (Lipinski definition) is 4. The molecule has 28 heavy (non-hydrogen) atoms. The molecule has 0 aromatic heterocycles. The van der Waals surface area contributed by atoms with Crippen LogP contribution >= 0.6 is 0 Å². The molecule has 148 valence electrons. The van der Waals surface area contributed by atoms with Gasteiger partial charge in [0.05, 0.1) is 13.2 Å². The van der Waals surface area contributed by atoms with Gasteiger partial charge in [0.25, 0.3) is 0 Å². The van der Waals surface area contributed by atoms with Crippen molar-refractivity contribution in [3.63, 3.8) is 0 Å². The van der Waals surface area contributed by atoms with Gasteiger partial charge in [-0.25, -0.2) is 0 Å². The summed E-state index contributed by atoms with van der Waals surface area (Å²) in [6.45, 7) is 3.93. The fourth-order valence-corrected chi connectivity index (χ4v) is 3.67. The van der Waals surface area contributed by atoms with Crippen LogP contribution in [0.2, 0.25) is 0 Å². The number of nitrogens with one attached hydrogen (secondary N) is 1. The van der Waals surface area contributed by atoms with E-state index in [1.54, 1.807) is 7.11 Å². The van der Waals surface area contributed by atoms with Crippen LogP contribution in [0.1, 0.15) is 35.7 Å². The number of hydrogen-bond donors (Lipinski definition) is 1. The van der Waals surface area contributed by atoms with E-state index in [1.165, 1.54) is 0 Å². The predicted octanol–water partition coefficient (Wildman–Crippen LogP) is 3.29. The Balaban J connectivity index is 1.48. The summed E-state index contributed by atoms with van der Waals surface area (Å²) in [5, 5.41) is 3.00. The summed E-state index contributed by atoms with van der Waals surface area (Å²) in [6, 6.07) is 17.0. The Morgan fingerprint density at radius 1 is 1.11 bits per heavy atom. The summed E-state index contributed by atoms with van der Waals surface area (Å²) in [5.41, 5.74) is 1.79. The molecule has 1 amide bonds. The smallest absolute Gasteiger partial charge is 0.237 e. The number of amides is 1. The number of nitrogens with zero attached hydrogens (tertiary/aromatic N) is 1. The maximum atomic E-state index is 12.6. The Morgan fingerprint density at radius 2 is 1.82 bits per heavy atom. The van der Waals surface area contributed by atoms with Crippen LogP contribution < -0.4 is 10.1 Å². The quantitative estimate of drug-likeness (QED) is 0.749. The van der Waals surface area contributed by atoms with E-state index in [0.29, 0.717) is 6.54 Å². The number of benzene rings is 2. The molecule has 1 atom stereocenters. The monoisotopic (exact) mass is 380 g/mol. The first-order valence-corrected chi connectivity index (χ1v) is 9.82. The van der Waals surface area contributed by atoms with Crippen molar-refractivity contribution in [2.24, 2.45) is 5.92 Å². The molecule has 1 fully saturated rings. The van der Waals surface area contributed by atoms with E-state index in [9.17, 15) is 9.59 Å². The molecular weight excluding hydrogens is 352 g/mol. The number of rotatable bonds is 7. The van der Waals surface area contributed by atoms with Crippen LogP contribution in [0.5, 0.6) is 5.75 Å². The molecule has 0 spiro atoms. The minimum atomic E-state index is -0.210. The summed E-state index contributed by atoms with van der Waals surface area (Å²) in [6.07, 6.45) is 1.59. The van der Waals surface area contributed by atoms with E-state index in [1.807, 2.05) is 61.5 Å². The maximum absolute atomic E-state index is 12.6. The second-order valence-electron chi connectivity index (χ2n) is 7.29. The third-order valence-electron chi connectivity index (χ3n) is 5.49. The van der Waals surface area contributed by atoms with Crippen LogP contribution in [0.25, 0.3) is 0 Å². The molecule has 2 aromatic rings. The van der Waals surface area contributed by atoms with Crippen molar-refractivity contribution in [1.82, 2.24) is 10.2 Å². The van der Waals surface area contributed by atoms with E-state index >= 15 is 0 Å². The van der Waals surface area contributed by atoms with Crippen LogP contribution in [0.4, 0.5) is 0 Å². The second kappa shape index (κ2) is 9.51. The number of methoxy groups -OCH3 is 1. The van der Waals surface area contributed by atoms with Crippen LogP contribution in [-0.4, -0.2) is 42.8 Å². The Bertz CT molecular complexity index is 799. The van der Waals surface area contributed by atoms with Crippen molar-refractivity contribution in [3.05, 3.63) is 65.7 Å². The van der Waals surface area contributed by atoms with E-state index in [4.69, 9.17) is 4.74 Å². The summed E-state index contributed by atoms with van der Waals surface area (Å²) in [7, 11) is 1.63. The lowest BCUT2D eigenvalue weighted by molar-refractivity contribution is -0.126. The summed E-state index contributed by atoms with van der Waals surface area (Å²) >= 11 is 0. The second-order valence-corrected chi connectivity index (χ2v) is 7.29. The molecule has 1 unspecified atom stereocenters. The lowest BCUT2D eigenvalue weighted by atomic mass is 9.88. The Morgan fingerprint density at radius 3 is 2.50 bits per heavy atom. The third kappa shape index (κ3) is 4.98. The Labute approximate surface area is 166 Å². The molecule has 1 N–H and O–H groups in total. The standard InChI is InChI=1S/C23H28N2O3/c1-17(23(27)24-16-18-7-6-10-21(15-18)28-2)25-13-11-20(12-14-25)22(26)19-8-4-3-5-9-19/h3-10,15,17,20H,11-14,16H2,1-2H3,(H,24,27). The molecule has 1 aliphatic rings. The molecule has 5 nitrogen and oxygen atoms in total. The summed E-state index contributed by atoms with van der Waals surface area (Å²) < 4.78 is 5.22. The van der Waals surface area contributed by atoms with Crippen LogP contribution in [-0.2, 0) is 11.3 Å². The van der Waals surface area contributed by atoms with Gasteiger partial charge in [0.2, 0.25) is 5.91 Å². The number of carbonyl (C=O) groups is 2. The van der Waals surface area contributed by atoms with Gasteiger partial charge in [0.15, 0.2) is 5.78 Å². The SMILES string of the molecule is COc1cccc(CNC(=O)C(C)N2CCC(C(=O)c3ccccc3)CC2)c1. The van der Waals surface area contributed by atoms with Crippen molar-refractivity contribution in [3.8, 4) is 5.75 Å². The highest BCUT2D eigenvalue weighted by Crippen LogP contribution is 2.23. The molecule has 0 saturated carbocycles. The zero-order chi connectivity index (χ0) is 19.9. The zero-order valence-electron chi connectivity index (χ0n) is 16.6. The van der Waals surface area contributed by atoms with Gasteiger partial charge in [-0.05, 0) is 50.6 Å². The third-order valence-corrected chi connectivity index (χ3v) is 5.49. The van der Waals surface area contributed by atoms with E-state index < -0.39 is 0 Å². The van der Waals surface area contributed by atoms with Gasteiger partial charge in [0, 0.05) is 18.0 Å². The van der Waals surface area contributed by atoms with E-state index in [-0.39, 0.29) is 23.7 Å². The van der Waals surface area contributed by atoms with Gasteiger partial charge in [0.1, 0.15) is 5.75 Å². The fourth-order valence-electron chi connectivity index (χ4n) is 3.67. The molecule has 0 radical (unpaired) electrons. The molecule has 0 bridgehead atoms. The molecular formula is C23H28N2O3. The Kier molecular flexibility index (Phi) is 6.82. The van der Waals surface area contributed by atoms with Gasteiger partial charge in [-0.2, -0.15) is 0 Å². The fraction of sp³-hybridized carbons (Fsp3) is 0.391. The normalized spacial score (nSPS) is 16.4. The number of Topliss-reactive ketones (excluding diaryl/α,β-unsaturated/α-hetero) is 1. The van der Waals surface area contributed by atoms with Crippen LogP contribution in [0.3, 0.4) is 0 Å². The number of piperidine rings is 1. The van der Waals surface area contributed by atoms with Crippen LogP contribution in [0, 0.1) is 5.92 Å². The van der Waals surface area contributed by atoms with Crippen molar-refractivity contribution in [1.29, 1.82) is 0 Å². The van der Waals surface area contributed by atoms with Crippen molar-refractivity contribution >= 4 is 11.7 Å². The number of ketones is 1. The minimum Gasteiger partial charge on any atom is -0.497 e. The average molecular weight is 380 g/mol. The largest absolute Gasteiger partial charge is 0.497 e. The predicted molar refractivity (Wildman–Crippen MR) is 109 cm³/mol. The van der Waals surface area contributed by atoms with E-state index in [0.717, 1.165) is 42.8 Å². The first kappa shape index (κ1) is 20.1. The highest BCUT2D eigenvalue weighted by Gasteiger charge is 2.30. The molecule has 5 heteroatoms. The number of likely N-dealkylation sites (tertiary alicyclic amines) is 1. The molecule has 1 aliphatic heterocycles. The minimum absolute atomic E-state index is 0.00987. The molecule has 0 aliphatic carbocycles. The van der Waals surface area contributed by atoms with Gasteiger partial charge < -0.3 is 10.1 Å². The van der Waals surface area contributed by atoms with Crippen LogP contribution in [0.15, 0.2) is 54.6 Å². The number of carbonyl (C=O) groups excluding carboxylic acids is 2. The zero-order valence-corrected chi connectivity index (χ0v) is 16.6. The van der Waals surface area contributed by atoms with Gasteiger partial charge in [-0.3, -0.25) is 14.5 Å².